The van der Waals surface area contributed by atoms with E-state index in [1.165, 1.54) is 0 Å². The van der Waals surface area contributed by atoms with Crippen LogP contribution in [0.3, 0.4) is 0 Å². The Balaban J connectivity index is 1.45. The Bertz CT molecular complexity index is 1150. The zero-order valence-electron chi connectivity index (χ0n) is 22.5. The maximum Gasteiger partial charge on any atom is 0.426 e. The number of alkyl halides is 3. The molecule has 4 rings (SSSR count). The summed E-state index contributed by atoms with van der Waals surface area (Å²) in [5, 5.41) is 0. The number of fused-ring (bicyclic) bond motifs is 5. The molecule has 4 aliphatic carbocycles. The van der Waals surface area contributed by atoms with Crippen molar-refractivity contribution in [3.8, 4) is 0 Å². The van der Waals surface area contributed by atoms with Crippen molar-refractivity contribution in [1.82, 2.24) is 0 Å². The Morgan fingerprint density at radius 1 is 1.10 bits per heavy atom. The van der Waals surface area contributed by atoms with Crippen LogP contribution in [0, 0.1) is 46.3 Å². The quantitative estimate of drug-likeness (QED) is 0.348. The molecule has 0 saturated heterocycles. The van der Waals surface area contributed by atoms with Crippen molar-refractivity contribution < 1.29 is 50.1 Å². The van der Waals surface area contributed by atoms with E-state index in [2.05, 4.69) is 11.7 Å². The molecule has 0 spiro atoms. The number of ketones is 3. The molecule has 4 saturated carbocycles. The Labute approximate surface area is 226 Å². The lowest BCUT2D eigenvalue weighted by atomic mass is 9.44. The van der Waals surface area contributed by atoms with Crippen molar-refractivity contribution in [2.45, 2.75) is 90.8 Å². The number of carbonyl (C=O) groups is 4. The summed E-state index contributed by atoms with van der Waals surface area (Å²) in [4.78, 5) is 51.6. The fraction of sp³-hybridized carbons (Fsp3) is 0.852. The molecule has 39 heavy (non-hydrogen) atoms. The summed E-state index contributed by atoms with van der Waals surface area (Å²) >= 11 is 0. The van der Waals surface area contributed by atoms with Gasteiger partial charge in [-0.3, -0.25) is 23.7 Å². The minimum atomic E-state index is -5.16. The topological polar surface area (TPSA) is 132 Å². The van der Waals surface area contributed by atoms with Gasteiger partial charge in [0.05, 0.1) is 0 Å². The standard InChI is InChI=1S/C27H37F3O8S/c1-14(4-7-23(34)38-22(27(28,29)30)13-39(35,36)37)17-5-6-18-24-19(12-21(33)26(17,18)3)25(2)9-8-16(31)10-15(25)11-20(24)32/h14-15,17-19,22,24H,4-13H2,1-3H3,(H,35,36,37)/t14?,15-,17+,18-,19-,22?,24-,25-,26+/m0/s1. The van der Waals surface area contributed by atoms with Gasteiger partial charge in [0.25, 0.3) is 10.1 Å². The Hall–Kier alpha value is -1.82. The zero-order valence-corrected chi connectivity index (χ0v) is 23.3. The molecule has 9 atom stereocenters. The van der Waals surface area contributed by atoms with E-state index in [9.17, 15) is 40.8 Å². The summed E-state index contributed by atoms with van der Waals surface area (Å²) in [7, 11) is -5.03. The average Bonchev–Trinajstić information content (AvgIpc) is 3.16. The van der Waals surface area contributed by atoms with Crippen molar-refractivity contribution in [2.75, 3.05) is 5.75 Å². The second-order valence-corrected chi connectivity index (χ2v) is 14.2. The van der Waals surface area contributed by atoms with Crippen LogP contribution >= 0.6 is 0 Å². The highest BCUT2D eigenvalue weighted by Crippen LogP contribution is 2.66. The first-order valence-electron chi connectivity index (χ1n) is 13.7. The lowest BCUT2D eigenvalue weighted by Crippen LogP contribution is -2.60. The number of halogens is 3. The second-order valence-electron chi connectivity index (χ2n) is 12.7. The molecular formula is C27H37F3O8S. The van der Waals surface area contributed by atoms with Gasteiger partial charge in [-0.25, -0.2) is 0 Å². The van der Waals surface area contributed by atoms with Crippen molar-refractivity contribution in [1.29, 1.82) is 0 Å². The molecule has 0 bridgehead atoms. The molecule has 1 N–H and O–H groups in total. The van der Waals surface area contributed by atoms with Crippen molar-refractivity contribution in [3.05, 3.63) is 0 Å². The third-order valence-electron chi connectivity index (χ3n) is 10.7. The van der Waals surface area contributed by atoms with Gasteiger partial charge in [-0.2, -0.15) is 21.6 Å². The number of hydrogen-bond donors (Lipinski definition) is 1. The molecule has 8 nitrogen and oxygen atoms in total. The molecule has 0 aromatic heterocycles. The molecule has 0 aliphatic heterocycles. The maximum atomic E-state index is 13.8. The first-order chi connectivity index (χ1) is 17.9. The van der Waals surface area contributed by atoms with Gasteiger partial charge >= 0.3 is 12.1 Å². The molecule has 0 aromatic carbocycles. The minimum Gasteiger partial charge on any atom is -0.451 e. The molecule has 0 heterocycles. The van der Waals surface area contributed by atoms with Crippen LogP contribution in [-0.4, -0.2) is 54.3 Å². The van der Waals surface area contributed by atoms with Crippen LogP contribution in [0.4, 0.5) is 13.2 Å². The fourth-order valence-corrected chi connectivity index (χ4v) is 9.18. The number of hydrogen-bond acceptors (Lipinski definition) is 7. The largest absolute Gasteiger partial charge is 0.451 e. The number of rotatable bonds is 7. The molecule has 2 unspecified atom stereocenters. The normalized spacial score (nSPS) is 38.4. The molecule has 4 fully saturated rings. The molecule has 4 aliphatic rings. The fourth-order valence-electron chi connectivity index (χ4n) is 8.54. The SMILES string of the molecule is CC(CCC(=O)OC(CS(=O)(=O)O)C(F)(F)F)[C@H]1CC[C@H]2[C@@H]3C(=O)C[C@@H]4CC(=O)CC[C@]4(C)[C@H]3CC(=O)[C@]12C. The molecule has 0 aromatic rings. The Morgan fingerprint density at radius 3 is 2.38 bits per heavy atom. The maximum absolute atomic E-state index is 13.8. The van der Waals surface area contributed by atoms with E-state index in [0.29, 0.717) is 38.5 Å². The highest BCUT2D eigenvalue weighted by atomic mass is 32.2. The zero-order chi connectivity index (χ0) is 29.1. The predicted octanol–water partition coefficient (Wildman–Crippen LogP) is 4.35. The number of carbonyl (C=O) groups excluding carboxylic acids is 4. The summed E-state index contributed by atoms with van der Waals surface area (Å²) in [5.74, 6) is -3.63. The smallest absolute Gasteiger partial charge is 0.426 e. The van der Waals surface area contributed by atoms with Crippen LogP contribution < -0.4 is 0 Å². The van der Waals surface area contributed by atoms with Gasteiger partial charge < -0.3 is 4.74 Å². The van der Waals surface area contributed by atoms with E-state index in [4.69, 9.17) is 4.55 Å². The van der Waals surface area contributed by atoms with Crippen LogP contribution in [0.5, 0.6) is 0 Å². The van der Waals surface area contributed by atoms with E-state index in [1.54, 1.807) is 0 Å². The van der Waals surface area contributed by atoms with Gasteiger partial charge in [-0.05, 0) is 60.7 Å². The predicted molar refractivity (Wildman–Crippen MR) is 132 cm³/mol. The third-order valence-corrected chi connectivity index (χ3v) is 11.4. The van der Waals surface area contributed by atoms with Gasteiger partial charge in [0.15, 0.2) is 0 Å². The monoisotopic (exact) mass is 578 g/mol. The lowest BCUT2D eigenvalue weighted by molar-refractivity contribution is -0.215. The van der Waals surface area contributed by atoms with Crippen LogP contribution in [0.25, 0.3) is 0 Å². The summed E-state index contributed by atoms with van der Waals surface area (Å²) in [6.45, 7) is 5.85. The second kappa shape index (κ2) is 10.2. The van der Waals surface area contributed by atoms with Gasteiger partial charge in [-0.1, -0.05) is 20.8 Å². The van der Waals surface area contributed by atoms with Crippen molar-refractivity contribution in [3.63, 3.8) is 0 Å². The van der Waals surface area contributed by atoms with Gasteiger partial charge in [-0.15, -0.1) is 0 Å². The van der Waals surface area contributed by atoms with E-state index < -0.39 is 46.0 Å². The van der Waals surface area contributed by atoms with Gasteiger partial charge in [0.2, 0.25) is 6.10 Å². The van der Waals surface area contributed by atoms with Crippen molar-refractivity contribution >= 4 is 33.4 Å². The highest BCUT2D eigenvalue weighted by Gasteiger charge is 2.66. The van der Waals surface area contributed by atoms with Crippen LogP contribution in [0.15, 0.2) is 0 Å². The van der Waals surface area contributed by atoms with Crippen molar-refractivity contribution in [2.24, 2.45) is 46.3 Å². The highest BCUT2D eigenvalue weighted by molar-refractivity contribution is 7.85. The first-order valence-corrected chi connectivity index (χ1v) is 15.3. The number of ether oxygens (including phenoxy) is 1. The Morgan fingerprint density at radius 2 is 1.77 bits per heavy atom. The number of esters is 1. The summed E-state index contributed by atoms with van der Waals surface area (Å²) in [6.07, 6.45) is -4.97. The summed E-state index contributed by atoms with van der Waals surface area (Å²) in [6, 6.07) is 0. The lowest BCUT2D eigenvalue weighted by Gasteiger charge is -2.58. The Kier molecular flexibility index (Phi) is 7.90. The van der Waals surface area contributed by atoms with E-state index in [1.807, 2.05) is 13.8 Å². The first kappa shape index (κ1) is 30.1. The summed E-state index contributed by atoms with van der Waals surface area (Å²) in [5.41, 5.74) is -1.04. The summed E-state index contributed by atoms with van der Waals surface area (Å²) < 4.78 is 74.4. The number of Topliss-reactive ketones (excluding diaryl/α,β-unsaturated/α-hetero) is 3. The third kappa shape index (κ3) is 5.56. The van der Waals surface area contributed by atoms with Crippen LogP contribution in [0.2, 0.25) is 0 Å². The van der Waals surface area contributed by atoms with Gasteiger partial charge in [0.1, 0.15) is 23.1 Å². The molecule has 0 radical (unpaired) electrons. The molecule has 220 valence electrons. The molecular weight excluding hydrogens is 541 g/mol. The van der Waals surface area contributed by atoms with Crippen LogP contribution in [0.1, 0.15) is 78.6 Å². The van der Waals surface area contributed by atoms with E-state index >= 15 is 0 Å². The van der Waals surface area contributed by atoms with Crippen LogP contribution in [-0.2, 0) is 34.0 Å². The minimum absolute atomic E-state index is 0.0341. The van der Waals surface area contributed by atoms with E-state index in [-0.39, 0.29) is 71.1 Å². The van der Waals surface area contributed by atoms with E-state index in [0.717, 1.165) is 0 Å². The molecule has 12 heteroatoms. The van der Waals surface area contributed by atoms with Gasteiger partial charge in [0, 0.05) is 43.4 Å². The molecule has 0 amide bonds. The average molecular weight is 579 g/mol.